The number of ether oxygens (including phenoxy) is 2. The van der Waals surface area contributed by atoms with Crippen LogP contribution in [0.25, 0.3) is 0 Å². The second-order valence-electron chi connectivity index (χ2n) is 6.44. The third kappa shape index (κ3) is 2.67. The van der Waals surface area contributed by atoms with E-state index in [-0.39, 0.29) is 12.5 Å². The van der Waals surface area contributed by atoms with Gasteiger partial charge in [0.1, 0.15) is 12.8 Å². The van der Waals surface area contributed by atoms with Gasteiger partial charge in [0.15, 0.2) is 0 Å². The molecular formula is C20H20N2O4. The number of fused-ring (bicyclic) bond motifs is 3. The molecule has 1 saturated heterocycles. The van der Waals surface area contributed by atoms with E-state index in [4.69, 9.17) is 9.47 Å². The molecule has 6 nitrogen and oxygen atoms in total. The van der Waals surface area contributed by atoms with Crippen molar-refractivity contribution in [1.29, 1.82) is 0 Å². The molecule has 2 amide bonds. The van der Waals surface area contributed by atoms with Crippen LogP contribution in [0.1, 0.15) is 23.5 Å². The SMILES string of the molecule is COC(=O)N1CC[C@@H]2c3ccccc3N(C(=O)OCc3ccccc3)C21. The summed E-state index contributed by atoms with van der Waals surface area (Å²) in [6, 6.07) is 17.3. The summed E-state index contributed by atoms with van der Waals surface area (Å²) >= 11 is 0. The zero-order valence-electron chi connectivity index (χ0n) is 14.5. The van der Waals surface area contributed by atoms with Crippen molar-refractivity contribution in [2.24, 2.45) is 0 Å². The van der Waals surface area contributed by atoms with E-state index < -0.39 is 18.4 Å². The number of rotatable bonds is 2. The van der Waals surface area contributed by atoms with Gasteiger partial charge in [0.2, 0.25) is 0 Å². The molecule has 6 heteroatoms. The highest BCUT2D eigenvalue weighted by atomic mass is 16.6. The van der Waals surface area contributed by atoms with Crippen LogP contribution < -0.4 is 4.90 Å². The van der Waals surface area contributed by atoms with Crippen LogP contribution in [0.5, 0.6) is 0 Å². The van der Waals surface area contributed by atoms with Crippen LogP contribution in [-0.4, -0.2) is 36.9 Å². The van der Waals surface area contributed by atoms with E-state index in [1.165, 1.54) is 7.11 Å². The molecule has 2 aliphatic rings. The second kappa shape index (κ2) is 6.71. The quantitative estimate of drug-likeness (QED) is 0.826. The van der Waals surface area contributed by atoms with Crippen LogP contribution in [0.15, 0.2) is 54.6 Å². The minimum absolute atomic E-state index is 0.0783. The molecule has 1 fully saturated rings. The maximum absolute atomic E-state index is 12.9. The van der Waals surface area contributed by atoms with Gasteiger partial charge in [0, 0.05) is 12.5 Å². The van der Waals surface area contributed by atoms with Crippen LogP contribution in [-0.2, 0) is 16.1 Å². The fraction of sp³-hybridized carbons (Fsp3) is 0.300. The number of hydrogen-bond donors (Lipinski definition) is 0. The van der Waals surface area contributed by atoms with Gasteiger partial charge in [-0.3, -0.25) is 9.80 Å². The molecular weight excluding hydrogens is 332 g/mol. The van der Waals surface area contributed by atoms with Crippen molar-refractivity contribution in [3.05, 3.63) is 65.7 Å². The van der Waals surface area contributed by atoms with Gasteiger partial charge in [0.25, 0.3) is 0 Å². The van der Waals surface area contributed by atoms with Gasteiger partial charge < -0.3 is 9.47 Å². The summed E-state index contributed by atoms with van der Waals surface area (Å²) in [4.78, 5) is 28.3. The first-order chi connectivity index (χ1) is 12.7. The number of hydrogen-bond acceptors (Lipinski definition) is 4. The molecule has 1 unspecified atom stereocenters. The maximum atomic E-state index is 12.9. The van der Waals surface area contributed by atoms with E-state index >= 15 is 0 Å². The Labute approximate surface area is 151 Å². The topological polar surface area (TPSA) is 59.1 Å². The maximum Gasteiger partial charge on any atom is 0.416 e. The number of methoxy groups -OCH3 is 1. The van der Waals surface area contributed by atoms with E-state index in [0.717, 1.165) is 23.2 Å². The molecule has 0 aromatic heterocycles. The van der Waals surface area contributed by atoms with Gasteiger partial charge in [0.05, 0.1) is 12.8 Å². The molecule has 2 heterocycles. The molecule has 134 valence electrons. The van der Waals surface area contributed by atoms with Gasteiger partial charge in [-0.2, -0.15) is 0 Å². The minimum Gasteiger partial charge on any atom is -0.453 e. The second-order valence-corrected chi connectivity index (χ2v) is 6.44. The fourth-order valence-electron chi connectivity index (χ4n) is 3.89. The van der Waals surface area contributed by atoms with Crippen molar-refractivity contribution in [2.45, 2.75) is 25.1 Å². The lowest BCUT2D eigenvalue weighted by Crippen LogP contribution is -2.49. The molecule has 0 saturated carbocycles. The molecule has 4 rings (SSSR count). The van der Waals surface area contributed by atoms with Crippen molar-refractivity contribution >= 4 is 17.9 Å². The molecule has 2 aromatic carbocycles. The van der Waals surface area contributed by atoms with Crippen molar-refractivity contribution in [3.8, 4) is 0 Å². The molecule has 0 aliphatic carbocycles. The van der Waals surface area contributed by atoms with Crippen molar-refractivity contribution in [1.82, 2.24) is 4.90 Å². The molecule has 0 spiro atoms. The Morgan fingerprint density at radius 3 is 2.54 bits per heavy atom. The van der Waals surface area contributed by atoms with Crippen LogP contribution >= 0.6 is 0 Å². The summed E-state index contributed by atoms with van der Waals surface area (Å²) < 4.78 is 10.5. The first-order valence-corrected chi connectivity index (χ1v) is 8.64. The molecule has 2 aromatic rings. The Bertz CT molecular complexity index is 824. The van der Waals surface area contributed by atoms with E-state index in [1.54, 1.807) is 9.80 Å². The fourth-order valence-corrected chi connectivity index (χ4v) is 3.89. The summed E-state index contributed by atoms with van der Waals surface area (Å²) in [6.07, 6.45) is -0.488. The average Bonchev–Trinajstić information content (AvgIpc) is 3.24. The van der Waals surface area contributed by atoms with Crippen LogP contribution in [0.4, 0.5) is 15.3 Å². The summed E-state index contributed by atoms with van der Waals surface area (Å²) in [5.74, 6) is 0.0783. The zero-order chi connectivity index (χ0) is 18.1. The van der Waals surface area contributed by atoms with Gasteiger partial charge in [-0.15, -0.1) is 0 Å². The van der Waals surface area contributed by atoms with Crippen LogP contribution in [0.2, 0.25) is 0 Å². The molecule has 26 heavy (non-hydrogen) atoms. The first kappa shape index (κ1) is 16.4. The smallest absolute Gasteiger partial charge is 0.416 e. The van der Waals surface area contributed by atoms with Gasteiger partial charge >= 0.3 is 12.2 Å². The highest BCUT2D eigenvalue weighted by Gasteiger charge is 2.51. The predicted molar refractivity (Wildman–Crippen MR) is 95.8 cm³/mol. The number of amides is 2. The van der Waals surface area contributed by atoms with E-state index in [0.29, 0.717) is 6.54 Å². The largest absolute Gasteiger partial charge is 0.453 e. The Morgan fingerprint density at radius 1 is 1.04 bits per heavy atom. The third-order valence-electron chi connectivity index (χ3n) is 5.03. The van der Waals surface area contributed by atoms with Gasteiger partial charge in [-0.25, -0.2) is 9.59 Å². The van der Waals surface area contributed by atoms with E-state index in [1.807, 2.05) is 54.6 Å². The number of anilines is 1. The van der Waals surface area contributed by atoms with Crippen molar-refractivity contribution < 1.29 is 19.1 Å². The first-order valence-electron chi connectivity index (χ1n) is 8.64. The number of para-hydroxylation sites is 1. The van der Waals surface area contributed by atoms with Crippen LogP contribution in [0.3, 0.4) is 0 Å². The van der Waals surface area contributed by atoms with Gasteiger partial charge in [-0.05, 0) is 23.6 Å². The average molecular weight is 352 g/mol. The third-order valence-corrected chi connectivity index (χ3v) is 5.03. The zero-order valence-corrected chi connectivity index (χ0v) is 14.5. The van der Waals surface area contributed by atoms with E-state index in [2.05, 4.69) is 0 Å². The highest BCUT2D eigenvalue weighted by molar-refractivity contribution is 5.93. The number of nitrogens with zero attached hydrogens (tertiary/aromatic N) is 2. The Kier molecular flexibility index (Phi) is 4.24. The Morgan fingerprint density at radius 2 is 1.77 bits per heavy atom. The number of benzene rings is 2. The summed E-state index contributed by atoms with van der Waals surface area (Å²) in [5.41, 5.74) is 2.79. The molecule has 2 aliphatic heterocycles. The monoisotopic (exact) mass is 352 g/mol. The lowest BCUT2D eigenvalue weighted by Gasteiger charge is -2.30. The summed E-state index contributed by atoms with van der Waals surface area (Å²) in [7, 11) is 1.36. The normalized spacial score (nSPS) is 20.5. The number of carbonyl (C=O) groups excluding carboxylic acids is 2. The summed E-state index contributed by atoms with van der Waals surface area (Å²) in [6.45, 7) is 0.743. The minimum atomic E-state index is -0.454. The number of likely N-dealkylation sites (tertiary alicyclic amines) is 1. The lowest BCUT2D eigenvalue weighted by atomic mass is 9.99. The summed E-state index contributed by atoms with van der Waals surface area (Å²) in [5, 5.41) is 0. The molecule has 0 N–H and O–H groups in total. The van der Waals surface area contributed by atoms with Crippen molar-refractivity contribution in [3.63, 3.8) is 0 Å². The predicted octanol–water partition coefficient (Wildman–Crippen LogP) is 3.73. The molecule has 2 atom stereocenters. The molecule has 0 radical (unpaired) electrons. The van der Waals surface area contributed by atoms with Gasteiger partial charge in [-0.1, -0.05) is 48.5 Å². The lowest BCUT2D eigenvalue weighted by molar-refractivity contribution is 0.110. The number of carbonyl (C=O) groups is 2. The van der Waals surface area contributed by atoms with Crippen molar-refractivity contribution in [2.75, 3.05) is 18.6 Å². The van der Waals surface area contributed by atoms with E-state index in [9.17, 15) is 9.59 Å². The van der Waals surface area contributed by atoms with Crippen LogP contribution in [0, 0.1) is 0 Å². The Hall–Kier alpha value is -3.02. The highest BCUT2D eigenvalue weighted by Crippen LogP contribution is 2.47. The Balaban J connectivity index is 1.61. The molecule has 0 bridgehead atoms. The standard InChI is InChI=1S/C20H20N2O4/c1-25-19(23)21-12-11-16-15-9-5-6-10-17(15)22(18(16)21)20(24)26-13-14-7-3-2-4-8-14/h2-10,16,18H,11-13H2,1H3/t16-,18?/m1/s1.